The highest BCUT2D eigenvalue weighted by Gasteiger charge is 2.09. The van der Waals surface area contributed by atoms with Gasteiger partial charge in [0.15, 0.2) is 0 Å². The molecule has 0 spiro atoms. The third-order valence-corrected chi connectivity index (χ3v) is 5.88. The van der Waals surface area contributed by atoms with E-state index >= 15 is 0 Å². The number of unbranched alkanes of at least 4 members (excludes halogenated alkanes) is 12. The fraction of sp³-hybridized carbons (Fsp3) is 0.643. The lowest BCUT2D eigenvalue weighted by Gasteiger charge is -2.12. The summed E-state index contributed by atoms with van der Waals surface area (Å²) in [5.74, 6) is 1.89. The van der Waals surface area contributed by atoms with E-state index in [-0.39, 0.29) is 0 Å². The molecule has 0 amide bonds. The van der Waals surface area contributed by atoms with Gasteiger partial charge in [0.1, 0.15) is 11.6 Å². The number of aromatic nitrogens is 2. The zero-order valence-corrected chi connectivity index (χ0v) is 20.1. The largest absolute Gasteiger partial charge is 0.493 e. The van der Waals surface area contributed by atoms with Gasteiger partial charge in [0.25, 0.3) is 0 Å². The smallest absolute Gasteiger partial charge is 0.128 e. The van der Waals surface area contributed by atoms with Gasteiger partial charge in [0.05, 0.1) is 12.3 Å². The van der Waals surface area contributed by atoms with Gasteiger partial charge in [-0.2, -0.15) is 0 Å². The second kappa shape index (κ2) is 16.8. The summed E-state index contributed by atoms with van der Waals surface area (Å²) in [6, 6.07) is 10.3. The van der Waals surface area contributed by atoms with Crippen LogP contribution in [0.4, 0.5) is 0 Å². The number of nitrogens with zero attached hydrogens (tertiary/aromatic N) is 2. The molecule has 31 heavy (non-hydrogen) atoms. The second-order valence-corrected chi connectivity index (χ2v) is 8.70. The number of hydrogen-bond donors (Lipinski definition) is 0. The van der Waals surface area contributed by atoms with Gasteiger partial charge >= 0.3 is 0 Å². The molecule has 2 aromatic rings. The Morgan fingerprint density at radius 1 is 0.677 bits per heavy atom. The molecular weight excluding hydrogens is 380 g/mol. The molecule has 3 nitrogen and oxygen atoms in total. The molecule has 2 rings (SSSR count). The summed E-state index contributed by atoms with van der Waals surface area (Å²) in [5, 5.41) is 0. The molecule has 0 atom stereocenters. The quantitative estimate of drug-likeness (QED) is 0.225. The molecule has 0 N–H and O–H groups in total. The van der Waals surface area contributed by atoms with Gasteiger partial charge < -0.3 is 4.74 Å². The predicted octanol–water partition coefficient (Wildman–Crippen LogP) is 8.57. The first-order valence-corrected chi connectivity index (χ1v) is 12.9. The van der Waals surface area contributed by atoms with E-state index in [0.29, 0.717) is 0 Å². The molecule has 0 saturated carbocycles. The lowest BCUT2D eigenvalue weighted by atomic mass is 10.1. The van der Waals surface area contributed by atoms with Crippen LogP contribution in [0.15, 0.2) is 36.5 Å². The fourth-order valence-corrected chi connectivity index (χ4v) is 3.96. The number of para-hydroxylation sites is 1. The minimum atomic E-state index is 0.779. The number of aryl methyl sites for hydroxylation is 1. The number of rotatable bonds is 18. The average molecular weight is 425 g/mol. The maximum Gasteiger partial charge on any atom is 0.128 e. The van der Waals surface area contributed by atoms with Gasteiger partial charge in [-0.05, 0) is 31.0 Å². The molecular formula is C28H44N2O. The monoisotopic (exact) mass is 424 g/mol. The minimum absolute atomic E-state index is 0.779. The Morgan fingerprint density at radius 3 is 2.00 bits per heavy atom. The van der Waals surface area contributed by atoms with Crippen molar-refractivity contribution in [2.45, 2.75) is 110 Å². The molecule has 0 aliphatic carbocycles. The summed E-state index contributed by atoms with van der Waals surface area (Å²) < 4.78 is 6.14. The molecule has 3 heteroatoms. The van der Waals surface area contributed by atoms with Gasteiger partial charge in [0, 0.05) is 18.2 Å². The standard InChI is InChI=1S/C28H44N2O/c1-3-5-7-9-11-13-15-21-28-29-23-22-26(30-28)25-19-16-17-20-27(25)31-24-18-14-12-10-8-6-4-2/h16-17,19-20,22-23H,3-15,18,21,24H2,1-2H3. The molecule has 1 heterocycles. The van der Waals surface area contributed by atoms with Gasteiger partial charge in [-0.25, -0.2) is 9.97 Å². The summed E-state index contributed by atoms with van der Waals surface area (Å²) in [7, 11) is 0. The Bertz CT molecular complexity index is 701. The SMILES string of the molecule is CCCCCCCCCOc1ccccc1-c1ccnc(CCCCCCCCC)n1. The fourth-order valence-electron chi connectivity index (χ4n) is 3.96. The number of ether oxygens (including phenoxy) is 1. The normalized spacial score (nSPS) is 11.0. The van der Waals surface area contributed by atoms with Crippen molar-refractivity contribution in [3.8, 4) is 17.0 Å². The van der Waals surface area contributed by atoms with Gasteiger partial charge in [0.2, 0.25) is 0 Å². The van der Waals surface area contributed by atoms with Crippen molar-refractivity contribution in [1.82, 2.24) is 9.97 Å². The lowest BCUT2D eigenvalue weighted by molar-refractivity contribution is 0.305. The van der Waals surface area contributed by atoms with Crippen molar-refractivity contribution in [1.29, 1.82) is 0 Å². The zero-order chi connectivity index (χ0) is 22.0. The van der Waals surface area contributed by atoms with E-state index in [0.717, 1.165) is 42.3 Å². The first-order valence-electron chi connectivity index (χ1n) is 12.9. The third kappa shape index (κ3) is 10.8. The summed E-state index contributed by atoms with van der Waals surface area (Å²) in [6.07, 6.45) is 21.1. The van der Waals surface area contributed by atoms with Crippen LogP contribution in [0.1, 0.15) is 110 Å². The molecule has 0 aliphatic rings. The van der Waals surface area contributed by atoms with Crippen LogP contribution in [0.2, 0.25) is 0 Å². The van der Waals surface area contributed by atoms with Crippen LogP contribution in [-0.2, 0) is 6.42 Å². The summed E-state index contributed by atoms with van der Waals surface area (Å²) in [4.78, 5) is 9.35. The van der Waals surface area contributed by atoms with Crippen LogP contribution in [0.5, 0.6) is 5.75 Å². The van der Waals surface area contributed by atoms with Crippen molar-refractivity contribution in [3.63, 3.8) is 0 Å². The van der Waals surface area contributed by atoms with E-state index in [2.05, 4.69) is 37.0 Å². The maximum atomic E-state index is 6.14. The molecule has 1 aromatic heterocycles. The Labute approximate surface area is 191 Å². The van der Waals surface area contributed by atoms with Crippen molar-refractivity contribution in [3.05, 3.63) is 42.4 Å². The molecule has 0 unspecified atom stereocenters. The highest BCUT2D eigenvalue weighted by Crippen LogP contribution is 2.28. The summed E-state index contributed by atoms with van der Waals surface area (Å²) in [5.41, 5.74) is 2.05. The van der Waals surface area contributed by atoms with E-state index in [4.69, 9.17) is 9.72 Å². The van der Waals surface area contributed by atoms with Crippen LogP contribution < -0.4 is 4.74 Å². The van der Waals surface area contributed by atoms with E-state index < -0.39 is 0 Å². The minimum Gasteiger partial charge on any atom is -0.493 e. The number of benzene rings is 1. The number of hydrogen-bond acceptors (Lipinski definition) is 3. The van der Waals surface area contributed by atoms with Crippen molar-refractivity contribution in [2.75, 3.05) is 6.61 Å². The zero-order valence-electron chi connectivity index (χ0n) is 20.1. The lowest BCUT2D eigenvalue weighted by Crippen LogP contribution is -2.01. The second-order valence-electron chi connectivity index (χ2n) is 8.70. The highest BCUT2D eigenvalue weighted by molar-refractivity contribution is 5.66. The Balaban J connectivity index is 1.78. The maximum absolute atomic E-state index is 6.14. The topological polar surface area (TPSA) is 35.0 Å². The van der Waals surface area contributed by atoms with Crippen molar-refractivity contribution in [2.24, 2.45) is 0 Å². The van der Waals surface area contributed by atoms with Crippen LogP contribution in [0.25, 0.3) is 11.3 Å². The molecule has 0 aliphatic heterocycles. The first kappa shape index (κ1) is 25.4. The Morgan fingerprint density at radius 2 is 1.29 bits per heavy atom. The van der Waals surface area contributed by atoms with E-state index in [1.807, 2.05) is 18.3 Å². The summed E-state index contributed by atoms with van der Waals surface area (Å²) >= 11 is 0. The van der Waals surface area contributed by atoms with Crippen molar-refractivity contribution >= 4 is 0 Å². The Kier molecular flexibility index (Phi) is 13.7. The Hall–Kier alpha value is -1.90. The van der Waals surface area contributed by atoms with Crippen LogP contribution in [0, 0.1) is 0 Å². The molecule has 0 fully saturated rings. The van der Waals surface area contributed by atoms with Crippen LogP contribution in [0.3, 0.4) is 0 Å². The van der Waals surface area contributed by atoms with E-state index in [9.17, 15) is 0 Å². The molecule has 1 aromatic carbocycles. The highest BCUT2D eigenvalue weighted by atomic mass is 16.5. The molecule has 0 radical (unpaired) electrons. The van der Waals surface area contributed by atoms with E-state index in [1.165, 1.54) is 83.5 Å². The van der Waals surface area contributed by atoms with Crippen LogP contribution in [-0.4, -0.2) is 16.6 Å². The third-order valence-electron chi connectivity index (χ3n) is 5.88. The average Bonchev–Trinajstić information content (AvgIpc) is 2.81. The molecule has 0 bridgehead atoms. The molecule has 0 saturated heterocycles. The predicted molar refractivity (Wildman–Crippen MR) is 133 cm³/mol. The van der Waals surface area contributed by atoms with Gasteiger partial charge in [-0.15, -0.1) is 0 Å². The van der Waals surface area contributed by atoms with Crippen LogP contribution >= 0.6 is 0 Å². The van der Waals surface area contributed by atoms with E-state index in [1.54, 1.807) is 0 Å². The molecule has 172 valence electrons. The van der Waals surface area contributed by atoms with Gasteiger partial charge in [-0.3, -0.25) is 0 Å². The van der Waals surface area contributed by atoms with Crippen molar-refractivity contribution < 1.29 is 4.74 Å². The van der Waals surface area contributed by atoms with Gasteiger partial charge in [-0.1, -0.05) is 103 Å². The summed E-state index contributed by atoms with van der Waals surface area (Å²) in [6.45, 7) is 5.31. The first-order chi connectivity index (χ1) is 15.3.